The number of hydrogen-bond donors (Lipinski definition) is 1. The monoisotopic (exact) mass is 281 g/mol. The number of amides is 2. The Kier molecular flexibility index (Phi) is 6.64. The maximum Gasteiger partial charge on any atom is 0.317 e. The molecule has 1 aliphatic carbocycles. The highest BCUT2D eigenvalue weighted by Gasteiger charge is 2.23. The van der Waals surface area contributed by atoms with Crippen LogP contribution in [0.25, 0.3) is 0 Å². The molecule has 1 saturated heterocycles. The highest BCUT2D eigenvalue weighted by atomic mass is 16.2. The van der Waals surface area contributed by atoms with Crippen LogP contribution in [0.5, 0.6) is 0 Å². The lowest BCUT2D eigenvalue weighted by atomic mass is 9.96. The lowest BCUT2D eigenvalue weighted by Gasteiger charge is -2.36. The fourth-order valence-electron chi connectivity index (χ4n) is 3.27. The Labute approximate surface area is 123 Å². The van der Waals surface area contributed by atoms with Crippen molar-refractivity contribution < 1.29 is 4.79 Å². The van der Waals surface area contributed by atoms with Crippen molar-refractivity contribution in [2.75, 3.05) is 32.7 Å². The first-order valence-corrected chi connectivity index (χ1v) is 8.57. The molecule has 0 aromatic heterocycles. The van der Waals surface area contributed by atoms with Crippen LogP contribution in [0.3, 0.4) is 0 Å². The number of piperazine rings is 1. The average Bonchev–Trinajstić information content (AvgIpc) is 2.49. The molecule has 0 unspecified atom stereocenters. The average molecular weight is 281 g/mol. The van der Waals surface area contributed by atoms with E-state index >= 15 is 0 Å². The van der Waals surface area contributed by atoms with Gasteiger partial charge in [-0.05, 0) is 25.8 Å². The second-order valence-corrected chi connectivity index (χ2v) is 6.32. The molecule has 1 heterocycles. The van der Waals surface area contributed by atoms with Crippen molar-refractivity contribution in [3.05, 3.63) is 0 Å². The Balaban J connectivity index is 1.63. The van der Waals surface area contributed by atoms with E-state index in [-0.39, 0.29) is 6.03 Å². The molecule has 116 valence electrons. The van der Waals surface area contributed by atoms with E-state index in [0.717, 1.165) is 26.2 Å². The maximum absolute atomic E-state index is 12.2. The number of rotatable bonds is 5. The first-order valence-electron chi connectivity index (χ1n) is 8.57. The number of hydrogen-bond acceptors (Lipinski definition) is 2. The molecule has 0 atom stereocenters. The van der Waals surface area contributed by atoms with Gasteiger partial charge >= 0.3 is 6.03 Å². The zero-order valence-electron chi connectivity index (χ0n) is 13.1. The summed E-state index contributed by atoms with van der Waals surface area (Å²) < 4.78 is 0. The van der Waals surface area contributed by atoms with Gasteiger partial charge in [0.25, 0.3) is 0 Å². The molecular weight excluding hydrogens is 250 g/mol. The van der Waals surface area contributed by atoms with Crippen LogP contribution in [-0.4, -0.2) is 54.6 Å². The lowest BCUT2D eigenvalue weighted by molar-refractivity contribution is 0.134. The number of carbonyl (C=O) groups is 1. The van der Waals surface area contributed by atoms with Crippen molar-refractivity contribution in [2.45, 2.75) is 64.3 Å². The molecular formula is C16H31N3O. The van der Waals surface area contributed by atoms with E-state index < -0.39 is 0 Å². The minimum Gasteiger partial charge on any atom is -0.335 e. The molecule has 0 spiro atoms. The van der Waals surface area contributed by atoms with Gasteiger partial charge in [0.05, 0.1) is 0 Å². The summed E-state index contributed by atoms with van der Waals surface area (Å²) in [5, 5.41) is 3.22. The summed E-state index contributed by atoms with van der Waals surface area (Å²) in [7, 11) is 0. The van der Waals surface area contributed by atoms with Crippen LogP contribution in [0.4, 0.5) is 4.79 Å². The smallest absolute Gasteiger partial charge is 0.317 e. The predicted molar refractivity (Wildman–Crippen MR) is 82.9 cm³/mol. The van der Waals surface area contributed by atoms with Gasteiger partial charge < -0.3 is 10.2 Å². The van der Waals surface area contributed by atoms with Crippen LogP contribution in [0.15, 0.2) is 0 Å². The largest absolute Gasteiger partial charge is 0.335 e. The predicted octanol–water partition coefficient (Wildman–Crippen LogP) is 2.84. The zero-order valence-corrected chi connectivity index (χ0v) is 13.1. The summed E-state index contributed by atoms with van der Waals surface area (Å²) in [5.41, 5.74) is 0. The second-order valence-electron chi connectivity index (χ2n) is 6.32. The summed E-state index contributed by atoms with van der Waals surface area (Å²) in [4.78, 5) is 16.7. The fraction of sp³-hybridized carbons (Fsp3) is 0.938. The Morgan fingerprint density at radius 2 is 1.75 bits per heavy atom. The van der Waals surface area contributed by atoms with Crippen LogP contribution in [0.2, 0.25) is 0 Å². The van der Waals surface area contributed by atoms with E-state index in [1.165, 1.54) is 57.9 Å². The Hall–Kier alpha value is -0.770. The lowest BCUT2D eigenvalue weighted by Crippen LogP contribution is -2.53. The second kappa shape index (κ2) is 8.50. The molecule has 0 aromatic carbocycles. The van der Waals surface area contributed by atoms with E-state index in [4.69, 9.17) is 0 Å². The topological polar surface area (TPSA) is 35.6 Å². The van der Waals surface area contributed by atoms with Crippen LogP contribution in [0, 0.1) is 0 Å². The Morgan fingerprint density at radius 3 is 2.40 bits per heavy atom. The van der Waals surface area contributed by atoms with Gasteiger partial charge in [-0.25, -0.2) is 4.79 Å². The van der Waals surface area contributed by atoms with E-state index in [1.54, 1.807) is 0 Å². The minimum absolute atomic E-state index is 0.171. The van der Waals surface area contributed by atoms with Gasteiger partial charge in [0.2, 0.25) is 0 Å². The minimum atomic E-state index is 0.171. The van der Waals surface area contributed by atoms with Gasteiger partial charge in [-0.1, -0.05) is 39.0 Å². The molecule has 0 aromatic rings. The molecule has 4 heteroatoms. The van der Waals surface area contributed by atoms with Crippen molar-refractivity contribution >= 4 is 6.03 Å². The van der Waals surface area contributed by atoms with Crippen LogP contribution in [0.1, 0.15) is 58.3 Å². The molecule has 1 N–H and O–H groups in total. The fourth-order valence-corrected chi connectivity index (χ4v) is 3.27. The van der Waals surface area contributed by atoms with E-state index in [9.17, 15) is 4.79 Å². The van der Waals surface area contributed by atoms with Gasteiger partial charge in [0, 0.05) is 32.2 Å². The van der Waals surface area contributed by atoms with Crippen molar-refractivity contribution in [3.8, 4) is 0 Å². The molecule has 20 heavy (non-hydrogen) atoms. The standard InChI is InChI=1S/C16H31N3O/c1-2-3-7-10-18-11-13-19(14-12-18)16(20)17-15-8-5-4-6-9-15/h15H,2-14H2,1H3,(H,17,20). The van der Waals surface area contributed by atoms with E-state index in [2.05, 4.69) is 17.1 Å². The summed E-state index contributed by atoms with van der Waals surface area (Å²) >= 11 is 0. The van der Waals surface area contributed by atoms with Crippen molar-refractivity contribution in [1.82, 2.24) is 15.1 Å². The summed E-state index contributed by atoms with van der Waals surface area (Å²) in [5.74, 6) is 0. The van der Waals surface area contributed by atoms with Gasteiger partial charge in [0.1, 0.15) is 0 Å². The molecule has 2 amide bonds. The summed E-state index contributed by atoms with van der Waals surface area (Å²) in [6, 6.07) is 0.601. The number of carbonyl (C=O) groups excluding carboxylic acids is 1. The molecule has 2 fully saturated rings. The highest BCUT2D eigenvalue weighted by molar-refractivity contribution is 5.74. The van der Waals surface area contributed by atoms with Crippen molar-refractivity contribution in [1.29, 1.82) is 0 Å². The molecule has 0 radical (unpaired) electrons. The normalized spacial score (nSPS) is 21.9. The highest BCUT2D eigenvalue weighted by Crippen LogP contribution is 2.17. The van der Waals surface area contributed by atoms with Gasteiger partial charge in [-0.15, -0.1) is 0 Å². The number of unbranched alkanes of at least 4 members (excludes halogenated alkanes) is 2. The number of nitrogens with zero attached hydrogens (tertiary/aromatic N) is 2. The Bertz CT molecular complexity index is 281. The van der Waals surface area contributed by atoms with Gasteiger partial charge in [0.15, 0.2) is 0 Å². The first kappa shape index (κ1) is 15.6. The third-order valence-electron chi connectivity index (χ3n) is 4.67. The molecule has 4 nitrogen and oxygen atoms in total. The first-order chi connectivity index (χ1) is 9.79. The SMILES string of the molecule is CCCCCN1CCN(C(=O)NC2CCCCC2)CC1. The molecule has 2 rings (SSSR count). The number of urea groups is 1. The summed E-state index contributed by atoms with van der Waals surface area (Å²) in [6.07, 6.45) is 10.1. The van der Waals surface area contributed by atoms with Crippen LogP contribution >= 0.6 is 0 Å². The van der Waals surface area contributed by atoms with E-state index in [0.29, 0.717) is 6.04 Å². The molecule has 2 aliphatic rings. The molecule has 0 bridgehead atoms. The van der Waals surface area contributed by atoms with Crippen LogP contribution < -0.4 is 5.32 Å². The quantitative estimate of drug-likeness (QED) is 0.787. The number of nitrogens with one attached hydrogen (secondary N) is 1. The van der Waals surface area contributed by atoms with Gasteiger partial charge in [-0.2, -0.15) is 0 Å². The molecule has 1 saturated carbocycles. The Morgan fingerprint density at radius 1 is 1.05 bits per heavy atom. The third kappa shape index (κ3) is 4.97. The summed E-state index contributed by atoms with van der Waals surface area (Å²) in [6.45, 7) is 7.32. The molecule has 1 aliphatic heterocycles. The van der Waals surface area contributed by atoms with Crippen molar-refractivity contribution in [3.63, 3.8) is 0 Å². The van der Waals surface area contributed by atoms with Crippen molar-refractivity contribution in [2.24, 2.45) is 0 Å². The van der Waals surface area contributed by atoms with E-state index in [1.807, 2.05) is 4.90 Å². The zero-order chi connectivity index (χ0) is 14.2. The third-order valence-corrected chi connectivity index (χ3v) is 4.67. The van der Waals surface area contributed by atoms with Gasteiger partial charge in [-0.3, -0.25) is 4.90 Å². The van der Waals surface area contributed by atoms with Crippen LogP contribution in [-0.2, 0) is 0 Å². The maximum atomic E-state index is 12.2.